The van der Waals surface area contributed by atoms with E-state index in [0.29, 0.717) is 17.9 Å². The van der Waals surface area contributed by atoms with E-state index in [4.69, 9.17) is 0 Å². The summed E-state index contributed by atoms with van der Waals surface area (Å²) >= 11 is 0. The lowest BCUT2D eigenvalue weighted by Gasteiger charge is -2.24. The highest BCUT2D eigenvalue weighted by Gasteiger charge is 2.31. The number of carbonyl (C=O) groups is 1. The molecule has 1 atom stereocenters. The molecule has 1 aliphatic rings. The zero-order chi connectivity index (χ0) is 17.2. The molecule has 25 heavy (non-hydrogen) atoms. The molecule has 6 heteroatoms. The smallest absolute Gasteiger partial charge is 0.272 e. The summed E-state index contributed by atoms with van der Waals surface area (Å²) in [5.74, 6) is -0.376. The van der Waals surface area contributed by atoms with Crippen LogP contribution in [0.3, 0.4) is 0 Å². The lowest BCUT2D eigenvalue weighted by atomic mass is 10.1. The van der Waals surface area contributed by atoms with E-state index in [1.807, 2.05) is 23.2 Å². The van der Waals surface area contributed by atoms with Gasteiger partial charge >= 0.3 is 0 Å². The van der Waals surface area contributed by atoms with Gasteiger partial charge < -0.3 is 4.90 Å². The minimum absolute atomic E-state index is 0.0405. The fourth-order valence-electron chi connectivity index (χ4n) is 3.28. The largest absolute Gasteiger partial charge is 0.330 e. The Balaban J connectivity index is 1.58. The summed E-state index contributed by atoms with van der Waals surface area (Å²) in [6.45, 7) is 0.712. The minimum Gasteiger partial charge on any atom is -0.330 e. The van der Waals surface area contributed by atoms with E-state index in [0.717, 1.165) is 24.0 Å². The van der Waals surface area contributed by atoms with Crippen molar-refractivity contribution in [1.29, 1.82) is 0 Å². The van der Waals surface area contributed by atoms with Crippen LogP contribution in [0.5, 0.6) is 0 Å². The maximum absolute atomic E-state index is 13.1. The van der Waals surface area contributed by atoms with Crippen LogP contribution in [0.25, 0.3) is 11.3 Å². The zero-order valence-electron chi connectivity index (χ0n) is 13.5. The Morgan fingerprint density at radius 2 is 2.08 bits per heavy atom. The van der Waals surface area contributed by atoms with Gasteiger partial charge in [0, 0.05) is 24.5 Å². The molecule has 1 amide bonds. The molecule has 2 aromatic heterocycles. The lowest BCUT2D eigenvalue weighted by Crippen LogP contribution is -2.30. The van der Waals surface area contributed by atoms with Crippen molar-refractivity contribution in [2.24, 2.45) is 0 Å². The molecular formula is C19H17FN4O. The molecule has 4 rings (SSSR count). The summed E-state index contributed by atoms with van der Waals surface area (Å²) in [4.78, 5) is 18.9. The fourth-order valence-corrected chi connectivity index (χ4v) is 3.28. The maximum atomic E-state index is 13.1. The molecule has 1 fully saturated rings. The Morgan fingerprint density at radius 3 is 2.84 bits per heavy atom. The number of likely N-dealkylation sites (tertiary alicyclic amines) is 1. The highest BCUT2D eigenvalue weighted by Crippen LogP contribution is 2.32. The molecule has 5 nitrogen and oxygen atoms in total. The molecule has 1 N–H and O–H groups in total. The number of amides is 1. The Hall–Kier alpha value is -3.02. The van der Waals surface area contributed by atoms with Gasteiger partial charge in [0.2, 0.25) is 0 Å². The van der Waals surface area contributed by atoms with Crippen molar-refractivity contribution in [2.75, 3.05) is 6.54 Å². The summed E-state index contributed by atoms with van der Waals surface area (Å²) < 4.78 is 13.1. The fraction of sp³-hybridized carbons (Fsp3) is 0.211. The highest BCUT2D eigenvalue weighted by molar-refractivity contribution is 5.93. The Bertz CT molecular complexity index is 876. The summed E-state index contributed by atoms with van der Waals surface area (Å²) in [6, 6.07) is 11.7. The molecule has 0 bridgehead atoms. The van der Waals surface area contributed by atoms with Crippen molar-refractivity contribution in [3.05, 3.63) is 71.9 Å². The van der Waals surface area contributed by atoms with E-state index in [-0.39, 0.29) is 17.8 Å². The molecular weight excluding hydrogens is 319 g/mol. The molecule has 3 heterocycles. The number of aromatic amines is 1. The lowest BCUT2D eigenvalue weighted by molar-refractivity contribution is 0.0729. The second kappa shape index (κ2) is 6.47. The number of benzene rings is 1. The van der Waals surface area contributed by atoms with Crippen LogP contribution in [0, 0.1) is 5.82 Å². The predicted molar refractivity (Wildman–Crippen MR) is 91.2 cm³/mol. The Morgan fingerprint density at radius 1 is 1.24 bits per heavy atom. The van der Waals surface area contributed by atoms with Gasteiger partial charge in [0.15, 0.2) is 0 Å². The first-order chi connectivity index (χ1) is 12.2. The predicted octanol–water partition coefficient (Wildman–Crippen LogP) is 3.59. The van der Waals surface area contributed by atoms with Gasteiger partial charge in [-0.25, -0.2) is 4.39 Å². The third-order valence-electron chi connectivity index (χ3n) is 4.53. The van der Waals surface area contributed by atoms with Gasteiger partial charge in [-0.3, -0.25) is 14.9 Å². The minimum atomic E-state index is -0.299. The molecule has 0 radical (unpaired) electrons. The van der Waals surface area contributed by atoms with Crippen LogP contribution in [-0.4, -0.2) is 32.5 Å². The molecule has 1 saturated heterocycles. The van der Waals surface area contributed by atoms with E-state index < -0.39 is 0 Å². The number of nitrogens with zero attached hydrogens (tertiary/aromatic N) is 3. The second-order valence-corrected chi connectivity index (χ2v) is 6.12. The van der Waals surface area contributed by atoms with Gasteiger partial charge in [0.1, 0.15) is 11.5 Å². The third-order valence-corrected chi connectivity index (χ3v) is 4.53. The van der Waals surface area contributed by atoms with Crippen molar-refractivity contribution in [3.63, 3.8) is 0 Å². The number of H-pyrrole nitrogens is 1. The number of aromatic nitrogens is 3. The Labute approximate surface area is 144 Å². The van der Waals surface area contributed by atoms with Crippen molar-refractivity contribution < 1.29 is 9.18 Å². The highest BCUT2D eigenvalue weighted by atomic mass is 19.1. The van der Waals surface area contributed by atoms with E-state index in [2.05, 4.69) is 15.2 Å². The summed E-state index contributed by atoms with van der Waals surface area (Å²) in [5, 5.41) is 7.02. The molecule has 3 aromatic rings. The van der Waals surface area contributed by atoms with E-state index >= 15 is 0 Å². The van der Waals surface area contributed by atoms with E-state index in [1.54, 1.807) is 24.4 Å². The zero-order valence-corrected chi connectivity index (χ0v) is 13.5. The van der Waals surface area contributed by atoms with Crippen LogP contribution in [0.2, 0.25) is 0 Å². The van der Waals surface area contributed by atoms with Crippen LogP contribution in [0.15, 0.2) is 54.9 Å². The number of pyridine rings is 1. The van der Waals surface area contributed by atoms with E-state index in [1.165, 1.54) is 12.1 Å². The number of halogens is 1. The van der Waals surface area contributed by atoms with Crippen molar-refractivity contribution >= 4 is 5.91 Å². The molecule has 0 spiro atoms. The number of carbonyl (C=O) groups excluding carboxylic acids is 1. The Kier molecular flexibility index (Phi) is 4.01. The molecule has 126 valence electrons. The van der Waals surface area contributed by atoms with Crippen molar-refractivity contribution in [2.45, 2.75) is 18.9 Å². The normalized spacial score (nSPS) is 17.0. The summed E-state index contributed by atoms with van der Waals surface area (Å²) in [6.07, 6.45) is 5.43. The van der Waals surface area contributed by atoms with Crippen LogP contribution < -0.4 is 0 Å². The first kappa shape index (κ1) is 15.5. The van der Waals surface area contributed by atoms with Gasteiger partial charge in [0.05, 0.1) is 11.7 Å². The number of hydrogen-bond acceptors (Lipinski definition) is 3. The topological polar surface area (TPSA) is 61.9 Å². The van der Waals surface area contributed by atoms with Gasteiger partial charge in [-0.2, -0.15) is 5.10 Å². The molecule has 1 unspecified atom stereocenters. The van der Waals surface area contributed by atoms with Crippen LogP contribution >= 0.6 is 0 Å². The summed E-state index contributed by atoms with van der Waals surface area (Å²) in [5.41, 5.74) is 2.88. The SMILES string of the molecule is O=C(c1cc(-c2ccc(F)cc2)n[nH]1)N1CCCC1c1cccnc1. The van der Waals surface area contributed by atoms with Gasteiger partial charge in [0.25, 0.3) is 5.91 Å². The average Bonchev–Trinajstić information content (AvgIpc) is 3.32. The number of hydrogen-bond donors (Lipinski definition) is 1. The number of rotatable bonds is 3. The van der Waals surface area contributed by atoms with Gasteiger partial charge in [-0.05, 0) is 54.8 Å². The van der Waals surface area contributed by atoms with Crippen LogP contribution in [0.4, 0.5) is 4.39 Å². The maximum Gasteiger partial charge on any atom is 0.272 e. The van der Waals surface area contributed by atoms with Crippen LogP contribution in [-0.2, 0) is 0 Å². The molecule has 1 aromatic carbocycles. The monoisotopic (exact) mass is 336 g/mol. The molecule has 1 aliphatic heterocycles. The van der Waals surface area contributed by atoms with Gasteiger partial charge in [-0.1, -0.05) is 6.07 Å². The first-order valence-electron chi connectivity index (χ1n) is 8.24. The molecule has 0 aliphatic carbocycles. The second-order valence-electron chi connectivity index (χ2n) is 6.12. The average molecular weight is 336 g/mol. The third kappa shape index (κ3) is 3.03. The summed E-state index contributed by atoms with van der Waals surface area (Å²) in [7, 11) is 0. The van der Waals surface area contributed by atoms with E-state index in [9.17, 15) is 9.18 Å². The first-order valence-corrected chi connectivity index (χ1v) is 8.24. The van der Waals surface area contributed by atoms with Crippen molar-refractivity contribution in [1.82, 2.24) is 20.1 Å². The molecule has 0 saturated carbocycles. The van der Waals surface area contributed by atoms with Crippen molar-refractivity contribution in [3.8, 4) is 11.3 Å². The quantitative estimate of drug-likeness (QED) is 0.795. The standard InChI is InChI=1S/C19H17FN4O/c20-15-7-5-13(6-8-15)16-11-17(23-22-16)19(25)24-10-2-4-18(24)14-3-1-9-21-12-14/h1,3,5-9,11-12,18H,2,4,10H2,(H,22,23). The number of nitrogens with one attached hydrogen (secondary N) is 1. The van der Waals surface area contributed by atoms with Gasteiger partial charge in [-0.15, -0.1) is 0 Å². The van der Waals surface area contributed by atoms with Crippen LogP contribution in [0.1, 0.15) is 34.9 Å².